The van der Waals surface area contributed by atoms with Crippen LogP contribution in [-0.2, 0) is 19.2 Å². The minimum Gasteiger partial charge on any atom is -0.353 e. The Morgan fingerprint density at radius 2 is 1.70 bits per heavy atom. The van der Waals surface area contributed by atoms with E-state index in [9.17, 15) is 24.0 Å². The lowest BCUT2D eigenvalue weighted by Crippen LogP contribution is -2.43. The maximum absolute atomic E-state index is 12.6. The average molecular weight is 508 g/mol. The number of amides is 5. The van der Waals surface area contributed by atoms with Crippen molar-refractivity contribution in [2.75, 3.05) is 19.6 Å². The van der Waals surface area contributed by atoms with E-state index in [4.69, 9.17) is 23.2 Å². The van der Waals surface area contributed by atoms with E-state index in [1.54, 1.807) is 24.3 Å². The Hall–Kier alpha value is -2.62. The molecular weight excluding hydrogens is 489 g/mol. The third-order valence-corrected chi connectivity index (χ3v) is 7.32. The van der Waals surface area contributed by atoms with Crippen molar-refractivity contribution in [3.63, 3.8) is 0 Å². The number of likely N-dealkylation sites (tertiary alicyclic amines) is 1. The lowest BCUT2D eigenvalue weighted by Gasteiger charge is -2.16. The summed E-state index contributed by atoms with van der Waals surface area (Å²) in [6, 6.07) is 4.86. The standard InChI is InChI=1S/C22H19Cl2N3O5S/c23-15-6-5-12(9-16(15)24)10-17-21(31)26(22(32)33-17)8-7-25-18(28)11-27-19(29)13-3-1-2-4-14(13)20(27)30/h1-2,5-6,9-10,13-14H,3-4,7-8,11H2,(H,25,28)/b17-10-/t13-,14+. The van der Waals surface area contributed by atoms with Crippen molar-refractivity contribution in [2.24, 2.45) is 11.8 Å². The lowest BCUT2D eigenvalue weighted by molar-refractivity contribution is -0.143. The first kappa shape index (κ1) is 23.5. The van der Waals surface area contributed by atoms with Gasteiger partial charge in [-0.05, 0) is 48.4 Å². The third kappa shape index (κ3) is 4.85. The Bertz CT molecular complexity index is 1090. The van der Waals surface area contributed by atoms with Crippen molar-refractivity contribution < 1.29 is 24.0 Å². The summed E-state index contributed by atoms with van der Waals surface area (Å²) in [4.78, 5) is 64.3. The number of rotatable bonds is 6. The monoisotopic (exact) mass is 507 g/mol. The van der Waals surface area contributed by atoms with E-state index in [1.165, 1.54) is 0 Å². The molecule has 2 heterocycles. The molecular formula is C22H19Cl2N3O5S. The number of nitrogens with one attached hydrogen (secondary N) is 1. The first-order chi connectivity index (χ1) is 15.8. The van der Waals surface area contributed by atoms with E-state index in [0.717, 1.165) is 21.6 Å². The molecule has 0 saturated carbocycles. The topological polar surface area (TPSA) is 104 Å². The van der Waals surface area contributed by atoms with E-state index < -0.39 is 28.9 Å². The van der Waals surface area contributed by atoms with Gasteiger partial charge in [0.1, 0.15) is 6.54 Å². The van der Waals surface area contributed by atoms with Crippen LogP contribution in [0.5, 0.6) is 0 Å². The number of benzene rings is 1. The summed E-state index contributed by atoms with van der Waals surface area (Å²) < 4.78 is 0. The molecule has 2 aliphatic heterocycles. The van der Waals surface area contributed by atoms with Crippen LogP contribution >= 0.6 is 35.0 Å². The van der Waals surface area contributed by atoms with Crippen molar-refractivity contribution in [2.45, 2.75) is 12.8 Å². The van der Waals surface area contributed by atoms with Gasteiger partial charge in [-0.15, -0.1) is 0 Å². The number of halogens is 2. The average Bonchev–Trinajstić information content (AvgIpc) is 3.19. The van der Waals surface area contributed by atoms with Gasteiger partial charge in [0, 0.05) is 13.1 Å². The van der Waals surface area contributed by atoms with Gasteiger partial charge in [0.25, 0.3) is 11.1 Å². The maximum Gasteiger partial charge on any atom is 0.293 e. The van der Waals surface area contributed by atoms with Crippen molar-refractivity contribution >= 4 is 69.9 Å². The van der Waals surface area contributed by atoms with Gasteiger partial charge >= 0.3 is 0 Å². The SMILES string of the molecule is O=C(CN1C(=O)[C@H]2CC=CC[C@H]2C1=O)NCCN1C(=O)S/C(=C\c2ccc(Cl)c(Cl)c2)C1=O. The van der Waals surface area contributed by atoms with Crippen LogP contribution in [0.25, 0.3) is 6.08 Å². The van der Waals surface area contributed by atoms with Crippen LogP contribution in [0, 0.1) is 11.8 Å². The quantitative estimate of drug-likeness (QED) is 0.360. The summed E-state index contributed by atoms with van der Waals surface area (Å²) in [5.41, 5.74) is 0.624. The molecule has 5 amide bonds. The van der Waals surface area contributed by atoms with Gasteiger partial charge in [0.2, 0.25) is 17.7 Å². The molecule has 8 nitrogen and oxygen atoms in total. The van der Waals surface area contributed by atoms with Crippen LogP contribution in [0.4, 0.5) is 4.79 Å². The summed E-state index contributed by atoms with van der Waals surface area (Å²) in [6.07, 6.45) is 6.31. The fourth-order valence-corrected chi connectivity index (χ4v) is 5.15. The van der Waals surface area contributed by atoms with Gasteiger partial charge in [-0.3, -0.25) is 33.8 Å². The Labute approximate surface area is 203 Å². The minimum absolute atomic E-state index is 0.00155. The fraction of sp³-hybridized carbons (Fsp3) is 0.318. The normalized spacial score (nSPS) is 23.6. The zero-order valence-corrected chi connectivity index (χ0v) is 19.6. The van der Waals surface area contributed by atoms with Crippen LogP contribution < -0.4 is 5.32 Å². The highest BCUT2D eigenvalue weighted by Crippen LogP contribution is 2.35. The highest BCUT2D eigenvalue weighted by atomic mass is 35.5. The van der Waals surface area contributed by atoms with Gasteiger partial charge in [0.05, 0.1) is 26.8 Å². The van der Waals surface area contributed by atoms with Gasteiger partial charge in [-0.1, -0.05) is 41.4 Å². The number of carbonyl (C=O) groups excluding carboxylic acids is 5. The molecule has 2 saturated heterocycles. The van der Waals surface area contributed by atoms with E-state index in [1.807, 2.05) is 12.2 Å². The summed E-state index contributed by atoms with van der Waals surface area (Å²) >= 11 is 12.7. The Balaban J connectivity index is 1.30. The van der Waals surface area contributed by atoms with Crippen molar-refractivity contribution in [1.29, 1.82) is 0 Å². The van der Waals surface area contributed by atoms with E-state index in [0.29, 0.717) is 28.5 Å². The molecule has 172 valence electrons. The zero-order chi connectivity index (χ0) is 23.7. The van der Waals surface area contributed by atoms with E-state index >= 15 is 0 Å². The molecule has 1 aliphatic carbocycles. The first-order valence-electron chi connectivity index (χ1n) is 10.2. The molecule has 2 atom stereocenters. The smallest absolute Gasteiger partial charge is 0.293 e. The van der Waals surface area contributed by atoms with Crippen LogP contribution in [-0.4, -0.2) is 58.3 Å². The predicted molar refractivity (Wildman–Crippen MR) is 124 cm³/mol. The lowest BCUT2D eigenvalue weighted by atomic mass is 9.85. The van der Waals surface area contributed by atoms with E-state index in [-0.39, 0.29) is 36.4 Å². The fourth-order valence-electron chi connectivity index (χ4n) is 3.98. The molecule has 2 fully saturated rings. The largest absolute Gasteiger partial charge is 0.353 e. The first-order valence-corrected chi connectivity index (χ1v) is 11.8. The molecule has 0 unspecified atom stereocenters. The maximum atomic E-state index is 12.6. The molecule has 1 aromatic carbocycles. The number of carbonyl (C=O) groups is 5. The number of fused-ring (bicyclic) bond motifs is 1. The second kappa shape index (κ2) is 9.70. The summed E-state index contributed by atoms with van der Waals surface area (Å²) in [5.74, 6) is -2.46. The Morgan fingerprint density at radius 3 is 2.33 bits per heavy atom. The van der Waals surface area contributed by atoms with Crippen LogP contribution in [0.2, 0.25) is 10.0 Å². The number of imide groups is 2. The summed E-state index contributed by atoms with van der Waals surface area (Å²) in [5, 5.41) is 2.83. The highest BCUT2D eigenvalue weighted by Gasteiger charge is 2.47. The number of nitrogens with zero attached hydrogens (tertiary/aromatic N) is 2. The third-order valence-electron chi connectivity index (χ3n) is 5.67. The molecule has 0 radical (unpaired) electrons. The second-order valence-corrected chi connectivity index (χ2v) is 9.58. The predicted octanol–water partition coefficient (Wildman–Crippen LogP) is 3.10. The number of hydrogen-bond acceptors (Lipinski definition) is 6. The molecule has 4 rings (SSSR count). The van der Waals surface area contributed by atoms with Crippen LogP contribution in [0.3, 0.4) is 0 Å². The molecule has 33 heavy (non-hydrogen) atoms. The number of allylic oxidation sites excluding steroid dienone is 2. The van der Waals surface area contributed by atoms with Crippen LogP contribution in [0.15, 0.2) is 35.3 Å². The Kier molecular flexibility index (Phi) is 6.92. The molecule has 0 bridgehead atoms. The van der Waals surface area contributed by atoms with Crippen molar-refractivity contribution in [3.8, 4) is 0 Å². The van der Waals surface area contributed by atoms with Crippen LogP contribution in [0.1, 0.15) is 18.4 Å². The molecule has 11 heteroatoms. The van der Waals surface area contributed by atoms with Gasteiger partial charge in [-0.25, -0.2) is 0 Å². The van der Waals surface area contributed by atoms with E-state index in [2.05, 4.69) is 5.32 Å². The van der Waals surface area contributed by atoms with Gasteiger partial charge in [-0.2, -0.15) is 0 Å². The minimum atomic E-state index is -0.526. The Morgan fingerprint density at radius 1 is 1.03 bits per heavy atom. The summed E-state index contributed by atoms with van der Waals surface area (Å²) in [6.45, 7) is -0.405. The van der Waals surface area contributed by atoms with Gasteiger partial charge in [0.15, 0.2) is 0 Å². The van der Waals surface area contributed by atoms with Crippen molar-refractivity contribution in [1.82, 2.24) is 15.1 Å². The molecule has 1 aromatic rings. The summed E-state index contributed by atoms with van der Waals surface area (Å²) in [7, 11) is 0. The second-order valence-electron chi connectivity index (χ2n) is 7.78. The molecule has 3 aliphatic rings. The molecule has 1 N–H and O–H groups in total. The van der Waals surface area contributed by atoms with Gasteiger partial charge < -0.3 is 5.32 Å². The molecule has 0 aromatic heterocycles. The molecule has 0 spiro atoms. The highest BCUT2D eigenvalue weighted by molar-refractivity contribution is 8.18. The number of hydrogen-bond donors (Lipinski definition) is 1. The number of thioether (sulfide) groups is 1. The zero-order valence-electron chi connectivity index (χ0n) is 17.3. The van der Waals surface area contributed by atoms with Crippen molar-refractivity contribution in [3.05, 3.63) is 50.9 Å².